The third-order valence-electron chi connectivity index (χ3n) is 21.7. The highest BCUT2D eigenvalue weighted by molar-refractivity contribution is 6.45. The van der Waals surface area contributed by atoms with Crippen molar-refractivity contribution in [3.8, 4) is 46.0 Å². The van der Waals surface area contributed by atoms with Crippen LogP contribution in [-0.4, -0.2) is 69.3 Å². The summed E-state index contributed by atoms with van der Waals surface area (Å²) in [4.78, 5) is 125. The van der Waals surface area contributed by atoms with Crippen LogP contribution in [0.25, 0.3) is 43.1 Å². The second kappa shape index (κ2) is 29.2. The maximum Gasteiger partial charge on any atom is 0.334 e. The first-order chi connectivity index (χ1) is 53.3. The van der Waals surface area contributed by atoms with Crippen LogP contribution >= 0.6 is 0 Å². The van der Waals surface area contributed by atoms with Gasteiger partial charge in [-0.1, -0.05) is 185 Å². The number of benzene rings is 9. The number of hydrogen-bond donors (Lipinski definition) is 2. The van der Waals surface area contributed by atoms with Crippen LogP contribution in [0.3, 0.4) is 0 Å². The van der Waals surface area contributed by atoms with E-state index >= 15 is 28.8 Å². The van der Waals surface area contributed by atoms with E-state index in [0.717, 1.165) is 32.1 Å². The lowest BCUT2D eigenvalue weighted by atomic mass is 9.80. The van der Waals surface area contributed by atoms with Gasteiger partial charge >= 0.3 is 11.9 Å². The first kappa shape index (κ1) is 80.1. The Hall–Kier alpha value is -11.9. The summed E-state index contributed by atoms with van der Waals surface area (Å²) in [5.41, 5.74) is 6.76. The van der Waals surface area contributed by atoms with Gasteiger partial charge < -0.3 is 39.1 Å². The van der Waals surface area contributed by atoms with E-state index in [-0.39, 0.29) is 146 Å². The number of carbonyl (C=O) groups is 8. The number of fused-ring (bicyclic) bond motifs is 2. The summed E-state index contributed by atoms with van der Waals surface area (Å²) in [6.45, 7) is 50.5. The monoisotopic (exact) mass is 1530 g/mol. The van der Waals surface area contributed by atoms with Gasteiger partial charge in [-0.3, -0.25) is 38.6 Å². The molecule has 6 amide bonds. The Balaban J connectivity index is 1.18. The van der Waals surface area contributed by atoms with E-state index in [1.165, 1.54) is 12.2 Å². The van der Waals surface area contributed by atoms with E-state index in [1.807, 2.05) is 100 Å². The SMILES string of the molecule is C=C(C)C(=O)NC1=CCC(OC(=O)C(C(C)C)N2C(=O)c3cc(Oc4ccc(C(C)(C)C)cc4C)c4c5c(Oc6ccc(C(C)(C)C)cc6C)cc6c7c(cc(Oc8ccc(C(C)(C)C)cc8C)c(c8c(Oc9ccc(C(C)(C)C)cc9C)cc(c3c48)C2=O)c75)C(=O)N(C(C(=O)OC2=CC(NC(=O)C(=C)C)=CC2)C(C)C)C6=O)=C1. The van der Waals surface area contributed by atoms with Gasteiger partial charge in [-0.15, -0.1) is 0 Å². The van der Waals surface area contributed by atoms with Gasteiger partial charge in [0.15, 0.2) is 0 Å². The molecule has 0 aromatic heterocycles. The van der Waals surface area contributed by atoms with Crippen molar-refractivity contribution in [2.75, 3.05) is 0 Å². The van der Waals surface area contributed by atoms with Gasteiger partial charge in [0.1, 0.15) is 69.6 Å². The maximum absolute atomic E-state index is 16.7. The van der Waals surface area contributed by atoms with Crippen molar-refractivity contribution >= 4 is 90.5 Å². The Bertz CT molecular complexity index is 5250. The van der Waals surface area contributed by atoms with Crippen LogP contribution in [0.5, 0.6) is 46.0 Å². The van der Waals surface area contributed by atoms with E-state index in [2.05, 4.69) is 107 Å². The Labute approximate surface area is 666 Å². The molecule has 9 aromatic rings. The topological polar surface area (TPSA) is 222 Å². The molecular weight excluding hydrogens is 1430 g/mol. The molecule has 0 radical (unpaired) electrons. The number of ether oxygens (including phenoxy) is 6. The molecule has 2 N–H and O–H groups in total. The average Bonchev–Trinajstić information content (AvgIpc) is 0.717. The summed E-state index contributed by atoms with van der Waals surface area (Å²) in [5, 5.41) is 7.35. The number of carbonyl (C=O) groups excluding carboxylic acids is 8. The van der Waals surface area contributed by atoms with Crippen LogP contribution < -0.4 is 29.6 Å². The van der Waals surface area contributed by atoms with Crippen molar-refractivity contribution in [3.63, 3.8) is 0 Å². The molecule has 9 aromatic carbocycles. The lowest BCUT2D eigenvalue weighted by Gasteiger charge is -2.37. The molecule has 2 aliphatic carbocycles. The minimum absolute atomic E-state index is 0.0448. The van der Waals surface area contributed by atoms with Gasteiger partial charge in [0, 0.05) is 90.6 Å². The molecule has 0 fully saturated rings. The number of esters is 2. The quantitative estimate of drug-likeness (QED) is 0.0238. The molecule has 0 spiro atoms. The largest absolute Gasteiger partial charge is 0.456 e. The molecule has 2 unspecified atom stereocenters. The first-order valence-electron chi connectivity index (χ1n) is 38.8. The molecule has 2 aliphatic heterocycles. The van der Waals surface area contributed by atoms with Gasteiger partial charge in [0.05, 0.1) is 22.3 Å². The first-order valence-corrected chi connectivity index (χ1v) is 38.8. The Kier molecular flexibility index (Phi) is 20.6. The van der Waals surface area contributed by atoms with E-state index in [4.69, 9.17) is 28.4 Å². The van der Waals surface area contributed by atoms with Crippen LogP contribution in [-0.2, 0) is 50.3 Å². The van der Waals surface area contributed by atoms with Crippen molar-refractivity contribution in [2.45, 2.75) is 199 Å². The van der Waals surface area contributed by atoms with Gasteiger partial charge in [-0.2, -0.15) is 0 Å². The van der Waals surface area contributed by atoms with Gasteiger partial charge in [-0.05, 0) is 168 Å². The number of imide groups is 2. The second-order valence-corrected chi connectivity index (χ2v) is 35.6. The molecule has 0 saturated carbocycles. The molecule has 0 saturated heterocycles. The molecule has 18 nitrogen and oxygen atoms in total. The van der Waals surface area contributed by atoms with Gasteiger partial charge in [0.2, 0.25) is 0 Å². The Morgan fingerprint density at radius 2 is 0.614 bits per heavy atom. The number of nitrogens with one attached hydrogen (secondary N) is 2. The predicted molar refractivity (Wildman–Crippen MR) is 445 cm³/mol. The highest BCUT2D eigenvalue weighted by Gasteiger charge is 2.49. The predicted octanol–water partition coefficient (Wildman–Crippen LogP) is 21.4. The highest BCUT2D eigenvalue weighted by Crippen LogP contribution is 2.59. The molecule has 13 rings (SSSR count). The number of allylic oxidation sites excluding steroid dienone is 4. The fraction of sp³-hybridized carbons (Fsp3) is 0.333. The van der Waals surface area contributed by atoms with Crippen LogP contribution in [0.2, 0.25) is 0 Å². The van der Waals surface area contributed by atoms with Crippen molar-refractivity contribution in [1.29, 1.82) is 0 Å². The summed E-state index contributed by atoms with van der Waals surface area (Å²) < 4.78 is 42.4. The fourth-order valence-electron chi connectivity index (χ4n) is 15.3. The molecule has 2 heterocycles. The lowest BCUT2D eigenvalue weighted by molar-refractivity contribution is -0.146. The standard InChI is InChI=1S/C96H100N4O14/c1-47(2)83(91(107)109-61-31-29-59(41-61)97-85(101)49(5)6)99-87(103)63-43-71(111-67-33-25-55(37-51(67)9)93(13,14)15)77-79-73(113-69-35-27-57(39-53(69)11)95(19,20)21)45-65-76-66(90(106)100(89(65)105)84(48(3)4)92(108)110-62-32-30-60(42-62)98-86(102)50(7)8)46-74(114-70-36-28-58(40-54(70)12)96(22,23)24)80(82(76)79)78-72(44-64(88(99)104)75(63)81(77)78)112-68-34-26-56(38-52(68)10)94(16,17)18/h25-30,33-48,83-84H,5,7,31-32H2,1-4,6,8-24H3,(H,97,101)(H,98,102). The van der Waals surface area contributed by atoms with E-state index in [0.29, 0.717) is 56.6 Å². The van der Waals surface area contributed by atoms with Crippen LogP contribution in [0.1, 0.15) is 223 Å². The molecule has 114 heavy (non-hydrogen) atoms. The lowest BCUT2D eigenvalue weighted by Crippen LogP contribution is -2.53. The number of nitrogens with zero attached hydrogens (tertiary/aromatic N) is 2. The van der Waals surface area contributed by atoms with Gasteiger partial charge in [-0.25, -0.2) is 9.59 Å². The minimum Gasteiger partial charge on any atom is -0.456 e. The molecule has 0 bridgehead atoms. The van der Waals surface area contributed by atoms with Crippen molar-refractivity contribution in [2.24, 2.45) is 11.8 Å². The molecule has 2 atom stereocenters. The zero-order valence-corrected chi connectivity index (χ0v) is 69.3. The van der Waals surface area contributed by atoms with Crippen molar-refractivity contribution in [3.05, 3.63) is 235 Å². The number of rotatable bonds is 20. The van der Waals surface area contributed by atoms with Crippen LogP contribution in [0.4, 0.5) is 0 Å². The zero-order valence-electron chi connectivity index (χ0n) is 69.3. The summed E-state index contributed by atoms with van der Waals surface area (Å²) in [7, 11) is 0. The summed E-state index contributed by atoms with van der Waals surface area (Å²) >= 11 is 0. The molecule has 4 aliphatic rings. The Morgan fingerprint density at radius 3 is 0.825 bits per heavy atom. The minimum atomic E-state index is -1.56. The maximum atomic E-state index is 16.7. The third kappa shape index (κ3) is 14.8. The van der Waals surface area contributed by atoms with Crippen molar-refractivity contribution in [1.82, 2.24) is 20.4 Å². The molecule has 18 heteroatoms. The zero-order chi connectivity index (χ0) is 82.9. The molecule has 588 valence electrons. The summed E-state index contributed by atoms with van der Waals surface area (Å²) in [6.07, 6.45) is 6.60. The number of aryl methyl sites for hydroxylation is 4. The van der Waals surface area contributed by atoms with E-state index in [9.17, 15) is 9.59 Å². The van der Waals surface area contributed by atoms with Crippen LogP contribution in [0.15, 0.2) is 169 Å². The van der Waals surface area contributed by atoms with E-state index < -0.39 is 71.3 Å². The smallest absolute Gasteiger partial charge is 0.334 e. The van der Waals surface area contributed by atoms with E-state index in [1.54, 1.807) is 78.0 Å². The third-order valence-corrected chi connectivity index (χ3v) is 21.7. The van der Waals surface area contributed by atoms with Gasteiger partial charge in [0.25, 0.3) is 35.4 Å². The second-order valence-electron chi connectivity index (χ2n) is 35.6. The van der Waals surface area contributed by atoms with Crippen LogP contribution in [0, 0.1) is 39.5 Å². The Morgan fingerprint density at radius 1 is 0.368 bits per heavy atom. The summed E-state index contributed by atoms with van der Waals surface area (Å²) in [6, 6.07) is 26.7. The highest BCUT2D eigenvalue weighted by atomic mass is 16.5. The number of amides is 6. The molecular formula is C96H100N4O14. The fourth-order valence-corrected chi connectivity index (χ4v) is 15.3. The average molecular weight is 1530 g/mol. The summed E-state index contributed by atoms with van der Waals surface area (Å²) in [5.74, 6) is -5.61. The normalized spacial score (nSPS) is 15.1. The number of hydrogen-bond acceptors (Lipinski definition) is 14. The van der Waals surface area contributed by atoms with Crippen molar-refractivity contribution < 1.29 is 66.8 Å².